The lowest BCUT2D eigenvalue weighted by Crippen LogP contribution is -2.53. The van der Waals surface area contributed by atoms with Gasteiger partial charge in [-0.25, -0.2) is 9.97 Å². The van der Waals surface area contributed by atoms with Crippen LogP contribution in [0.5, 0.6) is 5.75 Å². The maximum absolute atomic E-state index is 13.7. The summed E-state index contributed by atoms with van der Waals surface area (Å²) in [7, 11) is -1.03. The highest BCUT2D eigenvalue weighted by atomic mass is 79.9. The number of nitrogens with one attached hydrogen (secondary N) is 3. The van der Waals surface area contributed by atoms with Gasteiger partial charge in [0.25, 0.3) is 0 Å². The van der Waals surface area contributed by atoms with Gasteiger partial charge in [0.2, 0.25) is 17.8 Å². The summed E-state index contributed by atoms with van der Waals surface area (Å²) in [6, 6.07) is 16.8. The van der Waals surface area contributed by atoms with E-state index < -0.39 is 7.14 Å². The van der Waals surface area contributed by atoms with Crippen LogP contribution in [-0.4, -0.2) is 118 Å². The number of halogens is 1. The summed E-state index contributed by atoms with van der Waals surface area (Å²) in [4.78, 5) is 51.0. The number of fused-ring (bicyclic) bond motifs is 2. The predicted octanol–water partition coefficient (Wildman–Crippen LogP) is 7.40. The van der Waals surface area contributed by atoms with E-state index in [1.807, 2.05) is 54.0 Å². The number of aromatic nitrogens is 5. The number of piperidine rings is 2. The Kier molecular flexibility index (Phi) is 13.0. The lowest BCUT2D eigenvalue weighted by molar-refractivity contribution is -0.134. The molecule has 15 nitrogen and oxygen atoms in total. The molecule has 3 aliphatic rings. The van der Waals surface area contributed by atoms with Crippen molar-refractivity contribution in [3.8, 4) is 5.75 Å². The number of nitrogens with zero attached hydrogens (tertiary/aromatic N) is 8. The van der Waals surface area contributed by atoms with Crippen molar-refractivity contribution in [1.29, 1.82) is 0 Å². The number of hydrogen-bond donors (Lipinski definition) is 3. The van der Waals surface area contributed by atoms with Gasteiger partial charge in [-0.05, 0) is 110 Å². The fraction of sp³-hybridized carbons (Fsp3) is 0.417. The monoisotopic (exact) mass is 961 g/mol. The van der Waals surface area contributed by atoms with Crippen molar-refractivity contribution in [2.75, 3.05) is 81.8 Å². The zero-order valence-corrected chi connectivity index (χ0v) is 40.2. The molecular formula is C48H57BrN11O4P. The van der Waals surface area contributed by atoms with Crippen molar-refractivity contribution in [2.24, 2.45) is 0 Å². The minimum atomic E-state index is -2.72. The van der Waals surface area contributed by atoms with Crippen molar-refractivity contribution >= 4 is 85.6 Å². The van der Waals surface area contributed by atoms with Crippen LogP contribution in [0.2, 0.25) is 0 Å². The van der Waals surface area contributed by atoms with Gasteiger partial charge >= 0.3 is 0 Å². The van der Waals surface area contributed by atoms with Gasteiger partial charge in [0.1, 0.15) is 24.4 Å². The number of aryl methyl sites for hydroxylation is 2. The summed E-state index contributed by atoms with van der Waals surface area (Å²) in [5, 5.41) is 10.9. The van der Waals surface area contributed by atoms with Crippen LogP contribution < -0.4 is 30.9 Å². The Hall–Kier alpha value is -5.41. The van der Waals surface area contributed by atoms with Gasteiger partial charge in [-0.1, -0.05) is 19.1 Å². The fourth-order valence-electron chi connectivity index (χ4n) is 9.72. The van der Waals surface area contributed by atoms with E-state index in [9.17, 15) is 14.2 Å². The first kappa shape index (κ1) is 44.8. The lowest BCUT2D eigenvalue weighted by Gasteiger charge is -2.43. The first-order valence-electron chi connectivity index (χ1n) is 22.6. The number of methoxy groups -OCH3 is 1. The SMILES string of the molecule is CCc1cc(Nc2ncc(Br)c(Nc3ccc4nc(C)ccc4c3P(C)(C)=O)n2)c(OC)cc1N1CCC(N2CCN(CCc3cccn4cc(C5CCC(=O)NC5=O)nc34)CC2)CC1. The second kappa shape index (κ2) is 18.8. The predicted molar refractivity (Wildman–Crippen MR) is 262 cm³/mol. The molecule has 0 bridgehead atoms. The number of carbonyl (C=O) groups excluding carboxylic acids is 2. The topological polar surface area (TPSA) is 162 Å². The lowest BCUT2D eigenvalue weighted by atomic mass is 9.95. The number of imidazole rings is 1. The minimum Gasteiger partial charge on any atom is -0.494 e. The molecule has 340 valence electrons. The van der Waals surface area contributed by atoms with E-state index in [0.29, 0.717) is 46.6 Å². The largest absolute Gasteiger partial charge is 0.494 e. The summed E-state index contributed by atoms with van der Waals surface area (Å²) >= 11 is 3.63. The molecule has 2 aromatic carbocycles. The number of ether oxygens (including phenoxy) is 1. The second-order valence-corrected chi connectivity index (χ2v) is 21.8. The van der Waals surface area contributed by atoms with E-state index in [1.165, 1.54) is 16.8 Å². The van der Waals surface area contributed by atoms with Gasteiger partial charge in [0.05, 0.1) is 40.1 Å². The quantitative estimate of drug-likeness (QED) is 0.0777. The molecular weight excluding hydrogens is 905 g/mol. The average Bonchev–Trinajstić information content (AvgIpc) is 3.74. The third-order valence-corrected chi connectivity index (χ3v) is 15.3. The highest BCUT2D eigenvalue weighted by Gasteiger charge is 2.31. The molecule has 0 aliphatic carbocycles. The van der Waals surface area contributed by atoms with Crippen molar-refractivity contribution in [1.82, 2.24) is 39.5 Å². The normalized spacial score (nSPS) is 18.1. The fourth-order valence-corrected chi connectivity index (χ4v) is 11.5. The number of pyridine rings is 2. The number of benzene rings is 2. The van der Waals surface area contributed by atoms with Crippen LogP contribution >= 0.6 is 23.1 Å². The maximum Gasteiger partial charge on any atom is 0.235 e. The minimum absolute atomic E-state index is 0.211. The number of amides is 2. The Morgan fingerprint density at radius 1 is 0.923 bits per heavy atom. The third kappa shape index (κ3) is 9.63. The number of anilines is 5. The molecule has 2 amide bonds. The number of imide groups is 1. The van der Waals surface area contributed by atoms with Crippen LogP contribution in [0.4, 0.5) is 28.8 Å². The molecule has 0 radical (unpaired) electrons. The summed E-state index contributed by atoms with van der Waals surface area (Å²) < 4.78 is 22.3. The second-order valence-electron chi connectivity index (χ2n) is 17.8. The van der Waals surface area contributed by atoms with Gasteiger partial charge in [0, 0.05) is 105 Å². The summed E-state index contributed by atoms with van der Waals surface area (Å²) in [5.74, 6) is 0.800. The Morgan fingerprint density at radius 2 is 1.72 bits per heavy atom. The van der Waals surface area contributed by atoms with Crippen LogP contribution in [0.15, 0.2) is 71.6 Å². The maximum atomic E-state index is 13.7. The number of carbonyl (C=O) groups is 2. The molecule has 9 rings (SSSR count). The van der Waals surface area contributed by atoms with E-state index in [2.05, 4.69) is 81.7 Å². The first-order valence-corrected chi connectivity index (χ1v) is 26.0. The molecule has 3 N–H and O–H groups in total. The van der Waals surface area contributed by atoms with E-state index in [-0.39, 0.29) is 17.7 Å². The molecule has 17 heteroatoms. The van der Waals surface area contributed by atoms with Gasteiger partial charge in [0.15, 0.2) is 0 Å². The van der Waals surface area contributed by atoms with E-state index in [0.717, 1.165) is 110 Å². The summed E-state index contributed by atoms with van der Waals surface area (Å²) in [6.07, 6.45) is 10.4. The van der Waals surface area contributed by atoms with E-state index >= 15 is 0 Å². The molecule has 0 spiro atoms. The summed E-state index contributed by atoms with van der Waals surface area (Å²) in [5.41, 5.74) is 8.42. The summed E-state index contributed by atoms with van der Waals surface area (Å²) in [6.45, 7) is 14.8. The van der Waals surface area contributed by atoms with Crippen molar-refractivity contribution in [3.05, 3.63) is 94.1 Å². The molecule has 1 unspecified atom stereocenters. The molecule has 6 aromatic rings. The zero-order chi connectivity index (χ0) is 45.4. The standard InChI is InChI=1S/C48H57BrN11O4P/c1-6-31-26-39(54-48-50-28-36(49)45(56-48)52-38-13-12-37-34(10-9-30(2)51-37)44(38)65(4,5)63)42(64-3)27-41(31)59-20-16-33(17-21-59)58-24-22-57(23-25-58)19-15-32-8-7-18-60-29-40(53-46(32)60)35-11-14-43(61)55-47(35)62/h7-10,12-13,18,26-29,33,35H,6,11,14-17,19-25H2,1-5H3,(H,55,61,62)(H2,50,52,54,56). The Labute approximate surface area is 388 Å². The van der Waals surface area contributed by atoms with Crippen LogP contribution in [0.25, 0.3) is 16.6 Å². The van der Waals surface area contributed by atoms with Gasteiger partial charge in [-0.15, -0.1) is 0 Å². The van der Waals surface area contributed by atoms with Crippen molar-refractivity contribution in [2.45, 2.75) is 64.3 Å². The number of piperazine rings is 1. The van der Waals surface area contributed by atoms with Crippen LogP contribution in [-0.2, 0) is 27.0 Å². The number of hydrogen-bond acceptors (Lipinski definition) is 13. The molecule has 1 atom stereocenters. The number of rotatable bonds is 13. The molecule has 4 aromatic heterocycles. The Bertz CT molecular complexity index is 2810. The molecule has 3 saturated heterocycles. The molecule has 3 aliphatic heterocycles. The van der Waals surface area contributed by atoms with Gasteiger partial charge < -0.3 is 34.1 Å². The first-order chi connectivity index (χ1) is 31.3. The molecule has 65 heavy (non-hydrogen) atoms. The third-order valence-electron chi connectivity index (χ3n) is 13.2. The van der Waals surface area contributed by atoms with Gasteiger partial charge in [-0.2, -0.15) is 4.98 Å². The highest BCUT2D eigenvalue weighted by molar-refractivity contribution is 9.10. The van der Waals surface area contributed by atoms with Crippen LogP contribution in [0, 0.1) is 6.92 Å². The van der Waals surface area contributed by atoms with Crippen molar-refractivity contribution < 1.29 is 18.9 Å². The van der Waals surface area contributed by atoms with Gasteiger partial charge in [-0.3, -0.25) is 24.8 Å². The Balaban J connectivity index is 0.810. The van der Waals surface area contributed by atoms with E-state index in [1.54, 1.807) is 26.6 Å². The Morgan fingerprint density at radius 3 is 2.46 bits per heavy atom. The highest BCUT2D eigenvalue weighted by Crippen LogP contribution is 2.42. The smallest absolute Gasteiger partial charge is 0.235 e. The van der Waals surface area contributed by atoms with Crippen LogP contribution in [0.3, 0.4) is 0 Å². The average molecular weight is 963 g/mol. The van der Waals surface area contributed by atoms with E-state index in [4.69, 9.17) is 14.7 Å². The van der Waals surface area contributed by atoms with Crippen LogP contribution in [0.1, 0.15) is 61.0 Å². The van der Waals surface area contributed by atoms with Crippen molar-refractivity contribution in [3.63, 3.8) is 0 Å². The molecule has 3 fully saturated rings. The zero-order valence-electron chi connectivity index (χ0n) is 37.7. The molecule has 7 heterocycles. The molecule has 0 saturated carbocycles.